The van der Waals surface area contributed by atoms with Crippen molar-refractivity contribution in [3.05, 3.63) is 0 Å². The van der Waals surface area contributed by atoms with Gasteiger partial charge in [-0.05, 0) is 25.7 Å². The minimum atomic E-state index is 0.798. The Morgan fingerprint density at radius 2 is 2.33 bits per heavy atom. The smallest absolute Gasteiger partial charge is 0.312 e. The van der Waals surface area contributed by atoms with Gasteiger partial charge in [-0.15, -0.1) is 0 Å². The molecule has 2 nitrogen and oxygen atoms in total. The van der Waals surface area contributed by atoms with Gasteiger partial charge in [-0.3, -0.25) is 4.79 Å². The fraction of sp³-hybridized carbons (Fsp3) is 0.857. The predicted octanol–water partition coefficient (Wildman–Crippen LogP) is 0.785. The average molecular weight is 126 g/mol. The van der Waals surface area contributed by atoms with Crippen molar-refractivity contribution < 1.29 is 4.79 Å². The fourth-order valence-corrected chi connectivity index (χ4v) is 0.843. The molecule has 1 saturated carbocycles. The molecule has 0 spiro atoms. The Balaban J connectivity index is 2.12. The van der Waals surface area contributed by atoms with Gasteiger partial charge in [0, 0.05) is 13.1 Å². The molecule has 0 aromatic heterocycles. The third kappa shape index (κ3) is 2.04. The van der Waals surface area contributed by atoms with Crippen molar-refractivity contribution in [2.24, 2.45) is 5.92 Å². The minimum Gasteiger partial charge on any atom is -0.334 e. The van der Waals surface area contributed by atoms with Crippen molar-refractivity contribution in [1.29, 1.82) is 0 Å². The van der Waals surface area contributed by atoms with Gasteiger partial charge in [0.2, 0.25) is 0 Å². The Hall–Kier alpha value is -0.530. The SMILES string of the molecule is CCN([C]=O)CC1CC1. The van der Waals surface area contributed by atoms with E-state index in [1.165, 1.54) is 12.8 Å². The first-order chi connectivity index (χ1) is 4.36. The van der Waals surface area contributed by atoms with E-state index in [2.05, 4.69) is 0 Å². The molecule has 1 aliphatic rings. The van der Waals surface area contributed by atoms with Gasteiger partial charge in [-0.2, -0.15) is 0 Å². The zero-order chi connectivity index (χ0) is 6.69. The highest BCUT2D eigenvalue weighted by molar-refractivity contribution is 5.47. The van der Waals surface area contributed by atoms with Crippen LogP contribution in [0, 0.1) is 5.92 Å². The third-order valence-corrected chi connectivity index (χ3v) is 1.69. The predicted molar refractivity (Wildman–Crippen MR) is 35.7 cm³/mol. The molecule has 0 aromatic carbocycles. The maximum atomic E-state index is 10.1. The van der Waals surface area contributed by atoms with Crippen molar-refractivity contribution in [3.8, 4) is 0 Å². The minimum absolute atomic E-state index is 0.798. The zero-order valence-corrected chi connectivity index (χ0v) is 5.76. The van der Waals surface area contributed by atoms with Crippen LogP contribution in [0.25, 0.3) is 0 Å². The van der Waals surface area contributed by atoms with Gasteiger partial charge in [-0.25, -0.2) is 0 Å². The summed E-state index contributed by atoms with van der Waals surface area (Å²) in [6.07, 6.45) is 4.51. The molecule has 0 atom stereocenters. The second-order valence-electron chi connectivity index (χ2n) is 2.57. The quantitative estimate of drug-likeness (QED) is 0.510. The number of nitrogens with zero attached hydrogens (tertiary/aromatic N) is 1. The van der Waals surface area contributed by atoms with E-state index in [1.807, 2.05) is 13.3 Å². The van der Waals surface area contributed by atoms with Gasteiger partial charge in [-0.1, -0.05) is 0 Å². The highest BCUT2D eigenvalue weighted by Crippen LogP contribution is 2.29. The highest BCUT2D eigenvalue weighted by Gasteiger charge is 2.23. The van der Waals surface area contributed by atoms with Crippen LogP contribution in [0.2, 0.25) is 0 Å². The van der Waals surface area contributed by atoms with Crippen molar-refractivity contribution in [2.75, 3.05) is 13.1 Å². The van der Waals surface area contributed by atoms with Crippen LogP contribution in [0.4, 0.5) is 0 Å². The van der Waals surface area contributed by atoms with Crippen LogP contribution in [-0.2, 0) is 4.79 Å². The summed E-state index contributed by atoms with van der Waals surface area (Å²) in [4.78, 5) is 11.8. The Morgan fingerprint density at radius 3 is 2.67 bits per heavy atom. The number of carbonyl (C=O) groups excluding carboxylic acids is 1. The largest absolute Gasteiger partial charge is 0.334 e. The van der Waals surface area contributed by atoms with Gasteiger partial charge in [0.05, 0.1) is 0 Å². The van der Waals surface area contributed by atoms with Gasteiger partial charge >= 0.3 is 6.41 Å². The first-order valence-electron chi connectivity index (χ1n) is 3.49. The van der Waals surface area contributed by atoms with Crippen molar-refractivity contribution in [3.63, 3.8) is 0 Å². The van der Waals surface area contributed by atoms with Crippen LogP contribution in [0.3, 0.4) is 0 Å². The Morgan fingerprint density at radius 1 is 1.67 bits per heavy atom. The summed E-state index contributed by atoms with van der Waals surface area (Å²) in [7, 11) is 0. The first-order valence-corrected chi connectivity index (χ1v) is 3.49. The van der Waals surface area contributed by atoms with Crippen LogP contribution in [0.5, 0.6) is 0 Å². The van der Waals surface area contributed by atoms with Crippen molar-refractivity contribution in [2.45, 2.75) is 19.8 Å². The molecular formula is C7H12NO. The molecule has 0 bridgehead atoms. The van der Waals surface area contributed by atoms with E-state index in [9.17, 15) is 4.79 Å². The van der Waals surface area contributed by atoms with Crippen molar-refractivity contribution >= 4 is 6.41 Å². The molecule has 9 heavy (non-hydrogen) atoms. The topological polar surface area (TPSA) is 20.3 Å². The number of amides is 1. The lowest BCUT2D eigenvalue weighted by Crippen LogP contribution is -2.23. The molecule has 2 heteroatoms. The van der Waals surface area contributed by atoms with E-state index in [4.69, 9.17) is 0 Å². The second-order valence-corrected chi connectivity index (χ2v) is 2.57. The summed E-state index contributed by atoms with van der Waals surface area (Å²) in [6.45, 7) is 3.72. The summed E-state index contributed by atoms with van der Waals surface area (Å²) in [5.41, 5.74) is 0. The molecule has 0 unspecified atom stereocenters. The van der Waals surface area contributed by atoms with Gasteiger partial charge in [0.15, 0.2) is 0 Å². The lowest BCUT2D eigenvalue weighted by atomic mass is 10.4. The molecule has 1 rings (SSSR count). The maximum absolute atomic E-state index is 10.1. The number of hydrogen-bond donors (Lipinski definition) is 0. The number of hydrogen-bond acceptors (Lipinski definition) is 1. The molecule has 1 fully saturated rings. The van der Waals surface area contributed by atoms with E-state index in [-0.39, 0.29) is 0 Å². The lowest BCUT2D eigenvalue weighted by molar-refractivity contribution is 0.380. The average Bonchev–Trinajstić information content (AvgIpc) is 2.66. The van der Waals surface area contributed by atoms with Gasteiger partial charge < -0.3 is 4.90 Å². The maximum Gasteiger partial charge on any atom is 0.312 e. The van der Waals surface area contributed by atoms with E-state index >= 15 is 0 Å². The molecule has 0 aromatic rings. The van der Waals surface area contributed by atoms with Crippen molar-refractivity contribution in [1.82, 2.24) is 4.90 Å². The van der Waals surface area contributed by atoms with Crippen LogP contribution in [0.15, 0.2) is 0 Å². The standard InChI is InChI=1S/C7H12NO/c1-2-8(6-9)5-7-3-4-7/h7H,2-5H2,1H3. The summed E-state index contributed by atoms with van der Waals surface area (Å²) >= 11 is 0. The molecule has 0 N–H and O–H groups in total. The summed E-state index contributed by atoms with van der Waals surface area (Å²) in [6, 6.07) is 0. The summed E-state index contributed by atoms with van der Waals surface area (Å²) in [5, 5.41) is 0. The normalized spacial score (nSPS) is 17.4. The van der Waals surface area contributed by atoms with E-state index in [0.717, 1.165) is 19.0 Å². The molecule has 0 saturated heterocycles. The zero-order valence-electron chi connectivity index (χ0n) is 5.76. The molecule has 1 amide bonds. The highest BCUT2D eigenvalue weighted by atomic mass is 16.1. The van der Waals surface area contributed by atoms with E-state index in [0.29, 0.717) is 0 Å². The van der Waals surface area contributed by atoms with Gasteiger partial charge in [0.1, 0.15) is 0 Å². The molecule has 1 radical (unpaired) electrons. The molecule has 0 aliphatic heterocycles. The Labute approximate surface area is 55.8 Å². The van der Waals surface area contributed by atoms with Crippen LogP contribution in [0.1, 0.15) is 19.8 Å². The summed E-state index contributed by atoms with van der Waals surface area (Å²) in [5.74, 6) is 0.798. The van der Waals surface area contributed by atoms with E-state index < -0.39 is 0 Å². The first kappa shape index (κ1) is 6.59. The second kappa shape index (κ2) is 2.85. The van der Waals surface area contributed by atoms with Crippen LogP contribution in [-0.4, -0.2) is 24.4 Å². The molecular weight excluding hydrogens is 114 g/mol. The lowest BCUT2D eigenvalue weighted by Gasteiger charge is -2.11. The third-order valence-electron chi connectivity index (χ3n) is 1.69. The van der Waals surface area contributed by atoms with Crippen LogP contribution >= 0.6 is 0 Å². The monoisotopic (exact) mass is 126 g/mol. The molecule has 0 heterocycles. The van der Waals surface area contributed by atoms with E-state index in [1.54, 1.807) is 4.90 Å². The number of rotatable bonds is 4. The van der Waals surface area contributed by atoms with Crippen LogP contribution < -0.4 is 0 Å². The Kier molecular flexibility index (Phi) is 2.09. The summed E-state index contributed by atoms with van der Waals surface area (Å²) < 4.78 is 0. The van der Waals surface area contributed by atoms with Gasteiger partial charge in [0.25, 0.3) is 0 Å². The molecule has 51 valence electrons. The molecule has 1 aliphatic carbocycles. The Bertz CT molecular complexity index is 99.1. The fourth-order valence-electron chi connectivity index (χ4n) is 0.843.